The number of amides is 3. The third-order valence-electron chi connectivity index (χ3n) is 19.3. The maximum Gasteiger partial charge on any atom is 0.263 e. The summed E-state index contributed by atoms with van der Waals surface area (Å²) in [6, 6.07) is 37.8. The summed E-state index contributed by atoms with van der Waals surface area (Å²) >= 11 is 16.1. The third kappa shape index (κ3) is 17.7. The lowest BCUT2D eigenvalue weighted by atomic mass is 10.0. The summed E-state index contributed by atoms with van der Waals surface area (Å²) in [7, 11) is -11.2. The van der Waals surface area contributed by atoms with Crippen LogP contribution >= 0.6 is 57.2 Å². The standard InChI is InChI=1S/C25H29N5O3S2.C23H22Cl2N4O4S2.C23H23F2N5O3S2.7H2/c1-19(20-5-3-2-4-6-20)28-14-16-29(17-15-28)23-11-13-30(24(23)31)21-7-9-22(10-8-21)35(32,33)27-25-26-12-18-34-25;24-16-11-15(12-17(25)13-16)21-14-33-9-8-29(21)20-5-7-28(22(20)30)18-1-3-19(4-2-18)35(31,32)27-23-26-6-10-34-23;24-16-1-6-19(25)21(15-16)29-12-10-28(11-13-29)20-7-9-30(22(20)31)17-2-4-18(5-3-17)35(32,33)27-23-26-8-14-34-23;;;;;;;/h2-10,12,18-19,23H,11,13-17H2,1H3,(H,26,27);1-4,6,10-13,20-21H,5,7-9,14H2,(H,26,27);1-6,8,14-15,20H,7,9-13H2,(H,26,27);7*1H/t19-,23-;20-,21?;20-;;;;;;;/m000......./s1. The van der Waals surface area contributed by atoms with E-state index in [-0.39, 0.29) is 77.4 Å². The molecule has 6 aliphatic rings. The highest BCUT2D eigenvalue weighted by Gasteiger charge is 2.43. The van der Waals surface area contributed by atoms with Crippen molar-refractivity contribution >= 4 is 143 Å². The van der Waals surface area contributed by atoms with Crippen molar-refractivity contribution < 1.29 is 63.1 Å². The van der Waals surface area contributed by atoms with Crippen molar-refractivity contribution in [2.75, 3.05) is 126 Å². The number of hydrogen-bond donors (Lipinski definition) is 3. The highest BCUT2D eigenvalue weighted by atomic mass is 35.5. The van der Waals surface area contributed by atoms with Crippen LogP contribution in [-0.4, -0.2) is 187 Å². The van der Waals surface area contributed by atoms with Crippen LogP contribution in [-0.2, 0) is 49.2 Å². The molecular weight excluding hydrogens is 1510 g/mol. The Morgan fingerprint density at radius 1 is 0.495 bits per heavy atom. The zero-order chi connectivity index (χ0) is 73.6. The first-order valence-electron chi connectivity index (χ1n) is 33.8. The van der Waals surface area contributed by atoms with E-state index >= 15 is 0 Å². The van der Waals surface area contributed by atoms with Crippen LogP contribution in [0.1, 0.15) is 59.4 Å². The summed E-state index contributed by atoms with van der Waals surface area (Å²) in [5.74, 6) is -0.932. The largest absolute Gasteiger partial charge is 0.378 e. The number of piperazine rings is 2. The predicted molar refractivity (Wildman–Crippen MR) is 420 cm³/mol. The Morgan fingerprint density at radius 2 is 0.914 bits per heavy atom. The average molecular weight is 1600 g/mol. The van der Waals surface area contributed by atoms with E-state index in [2.05, 4.69) is 79.9 Å². The SMILES string of the molecule is C[C@@H](c1ccccc1)N1CCN([C@H]2CCN(c3ccc(S(=O)(=O)Nc4nccs4)cc3)C2=O)CC1.O=C1[C@@H](N2CCN(c3cc(F)ccc3F)CC2)CCN1c1ccc(S(=O)(=O)Nc2nccs2)cc1.O=C1[C@@H](N2CCOCC2c2cc(Cl)cc(Cl)c2)CCN1c1ccc(S(=O)(=O)Nc2nccs2)cc1.[HH].[HH].[HH].[HH].[HH].[HH].[HH]. The van der Waals surface area contributed by atoms with E-state index in [1.165, 1.54) is 94.4 Å². The number of anilines is 7. The summed E-state index contributed by atoms with van der Waals surface area (Å²) in [6.45, 7) is 11.2. The van der Waals surface area contributed by atoms with E-state index < -0.39 is 41.7 Å². The topological polar surface area (TPSA) is 264 Å². The smallest absolute Gasteiger partial charge is 0.263 e. The van der Waals surface area contributed by atoms with Crippen LogP contribution in [0.5, 0.6) is 0 Å². The van der Waals surface area contributed by atoms with Gasteiger partial charge in [0.2, 0.25) is 17.7 Å². The molecule has 0 spiro atoms. The van der Waals surface area contributed by atoms with Crippen LogP contribution in [0, 0.1) is 11.6 Å². The van der Waals surface area contributed by atoms with Crippen molar-refractivity contribution in [3.63, 3.8) is 0 Å². The molecule has 5 atom stereocenters. The number of morpholine rings is 1. The molecule has 0 bridgehead atoms. The Balaban J connectivity index is 0.000000254. The minimum Gasteiger partial charge on any atom is -0.378 e. The van der Waals surface area contributed by atoms with Gasteiger partial charge in [-0.25, -0.2) is 49.0 Å². The zero-order valence-corrected chi connectivity index (χ0v) is 63.0. The molecule has 6 aliphatic heterocycles. The summed E-state index contributed by atoms with van der Waals surface area (Å²) in [5, 5.41) is 7.06. The molecule has 0 saturated carbocycles. The molecule has 1 unspecified atom stereocenters. The zero-order valence-electron chi connectivity index (χ0n) is 56.6. The van der Waals surface area contributed by atoms with Crippen LogP contribution in [0.4, 0.5) is 46.9 Å². The van der Waals surface area contributed by atoms with E-state index in [0.717, 1.165) is 56.0 Å². The lowest BCUT2D eigenvalue weighted by Crippen LogP contribution is -2.52. The van der Waals surface area contributed by atoms with E-state index in [1.807, 2.05) is 18.2 Å². The molecule has 24 nitrogen and oxygen atoms in total. The fourth-order valence-corrected chi connectivity index (χ4v) is 19.8. The Hall–Kier alpha value is -8.09. The van der Waals surface area contributed by atoms with Gasteiger partial charge in [-0.1, -0.05) is 53.5 Å². The first-order chi connectivity index (χ1) is 50.5. The highest BCUT2D eigenvalue weighted by Crippen LogP contribution is 2.37. The second kappa shape index (κ2) is 33.0. The van der Waals surface area contributed by atoms with Gasteiger partial charge in [0.15, 0.2) is 15.4 Å². The fourth-order valence-electron chi connectivity index (χ4n) is 13.9. The highest BCUT2D eigenvalue weighted by molar-refractivity contribution is 7.93. The lowest BCUT2D eigenvalue weighted by Gasteiger charge is -2.40. The molecule has 0 radical (unpaired) electrons. The van der Waals surface area contributed by atoms with Crippen molar-refractivity contribution in [3.05, 3.63) is 207 Å². The van der Waals surface area contributed by atoms with Crippen LogP contribution in [0.3, 0.4) is 0 Å². The molecule has 0 aliphatic carbocycles. The third-order valence-corrected chi connectivity index (χ3v) is 26.3. The summed E-state index contributed by atoms with van der Waals surface area (Å²) in [4.78, 5) is 68.0. The van der Waals surface area contributed by atoms with Crippen molar-refractivity contribution in [1.82, 2.24) is 34.6 Å². The summed E-state index contributed by atoms with van der Waals surface area (Å²) in [5.41, 5.74) is 4.48. The molecule has 3 N–H and O–H groups in total. The van der Waals surface area contributed by atoms with Crippen LogP contribution in [0.25, 0.3) is 0 Å². The Kier molecular flexibility index (Phi) is 23.6. The van der Waals surface area contributed by atoms with Crippen LogP contribution < -0.4 is 33.8 Å². The van der Waals surface area contributed by atoms with E-state index in [1.54, 1.807) is 84.4 Å². The summed E-state index contributed by atoms with van der Waals surface area (Å²) in [6.07, 6.45) is 6.65. The van der Waals surface area contributed by atoms with Gasteiger partial charge in [-0.3, -0.25) is 48.1 Å². The molecule has 566 valence electrons. The van der Waals surface area contributed by atoms with E-state index in [4.69, 9.17) is 27.9 Å². The normalized spacial score (nSPS) is 20.5. The number of ether oxygens (including phenoxy) is 1. The average Bonchev–Trinajstić information content (AvgIpc) is 1.63. The molecule has 105 heavy (non-hydrogen) atoms. The van der Waals surface area contributed by atoms with Gasteiger partial charge < -0.3 is 24.3 Å². The van der Waals surface area contributed by atoms with Gasteiger partial charge in [0.25, 0.3) is 30.1 Å². The summed E-state index contributed by atoms with van der Waals surface area (Å²) < 4.78 is 116. The van der Waals surface area contributed by atoms with Crippen LogP contribution in [0.15, 0.2) is 189 Å². The Morgan fingerprint density at radius 3 is 1.34 bits per heavy atom. The number of benzene rings is 6. The second-order valence-electron chi connectivity index (χ2n) is 25.5. The maximum absolute atomic E-state index is 14.1. The number of aromatic nitrogens is 3. The van der Waals surface area contributed by atoms with Gasteiger partial charge in [0, 0.05) is 162 Å². The molecule has 6 saturated heterocycles. The van der Waals surface area contributed by atoms with Gasteiger partial charge in [-0.2, -0.15) is 0 Å². The van der Waals surface area contributed by atoms with Gasteiger partial charge in [-0.15, -0.1) is 34.0 Å². The van der Waals surface area contributed by atoms with Crippen molar-refractivity contribution in [1.29, 1.82) is 0 Å². The number of nitrogens with zero attached hydrogens (tertiary/aromatic N) is 11. The molecule has 6 fully saturated rings. The molecule has 3 amide bonds. The van der Waals surface area contributed by atoms with Gasteiger partial charge >= 0.3 is 0 Å². The van der Waals surface area contributed by atoms with Crippen molar-refractivity contribution in [3.8, 4) is 0 Å². The molecule has 6 aromatic carbocycles. The maximum atomic E-state index is 14.1. The lowest BCUT2D eigenvalue weighted by molar-refractivity contribution is -0.125. The molecule has 3 aromatic heterocycles. The van der Waals surface area contributed by atoms with Crippen molar-refractivity contribution in [2.24, 2.45) is 0 Å². The van der Waals surface area contributed by atoms with E-state index in [0.29, 0.717) is 116 Å². The number of hydrogen-bond acceptors (Lipinski definition) is 21. The molecule has 34 heteroatoms. The quantitative estimate of drug-likeness (QED) is 0.0679. The first-order valence-corrected chi connectivity index (χ1v) is 41.7. The first kappa shape index (κ1) is 75.2. The number of nitrogens with one attached hydrogen (secondary N) is 3. The van der Waals surface area contributed by atoms with Crippen LogP contribution in [0.2, 0.25) is 10.0 Å². The fraction of sp³-hybridized carbons (Fsp3) is 0.324. The monoisotopic (exact) mass is 1600 g/mol. The molecule has 9 aromatic rings. The minimum absolute atomic E-state index is 0. The number of rotatable bonds is 19. The molecular formula is C71H88Cl2F2N14O10S6. The predicted octanol–water partition coefficient (Wildman–Crippen LogP) is 12.7. The second-order valence-corrected chi connectivity index (χ2v) is 34.1. The number of halogens is 4. The van der Waals surface area contributed by atoms with Gasteiger partial charge in [0.1, 0.15) is 11.6 Å². The van der Waals surface area contributed by atoms with Gasteiger partial charge in [0.05, 0.1) is 57.8 Å². The number of thiazole rings is 3. The van der Waals surface area contributed by atoms with Crippen molar-refractivity contribution in [2.45, 2.75) is 71.1 Å². The molecule has 15 rings (SSSR count). The number of carbonyl (C=O) groups is 3. The minimum atomic E-state index is -3.77. The Labute approximate surface area is 640 Å². The number of sulfonamides is 3. The van der Waals surface area contributed by atoms with E-state index in [9.17, 15) is 48.4 Å². The number of carbonyl (C=O) groups excluding carboxylic acids is 3. The Bertz CT molecular complexity index is 4860. The van der Waals surface area contributed by atoms with Gasteiger partial charge in [-0.05, 0) is 140 Å². The molecule has 9 heterocycles.